The third-order valence-electron chi connectivity index (χ3n) is 7.41. The molecule has 3 aromatic rings. The third kappa shape index (κ3) is 5.36. The molecule has 0 spiro atoms. The van der Waals surface area contributed by atoms with E-state index in [0.717, 1.165) is 70.2 Å². The minimum atomic E-state index is 0.409. The summed E-state index contributed by atoms with van der Waals surface area (Å²) in [5, 5.41) is 16.3. The number of benzene rings is 1. The molecular formula is C26H37N7O2. The molecule has 0 radical (unpaired) electrons. The normalized spacial score (nSPS) is 22.0. The molecule has 2 aromatic heterocycles. The molecule has 0 amide bonds. The van der Waals surface area contributed by atoms with Gasteiger partial charge < -0.3 is 19.7 Å². The van der Waals surface area contributed by atoms with Gasteiger partial charge in [0.25, 0.3) is 0 Å². The van der Waals surface area contributed by atoms with Gasteiger partial charge in [0.15, 0.2) is 5.65 Å². The van der Waals surface area contributed by atoms with Crippen LogP contribution in [0.1, 0.15) is 44.6 Å². The zero-order valence-electron chi connectivity index (χ0n) is 21.1. The molecule has 2 aliphatic rings. The quantitative estimate of drug-likeness (QED) is 0.494. The van der Waals surface area contributed by atoms with Crippen molar-refractivity contribution in [3.8, 4) is 11.8 Å². The van der Waals surface area contributed by atoms with Crippen LogP contribution in [0.2, 0.25) is 0 Å². The van der Waals surface area contributed by atoms with Crippen molar-refractivity contribution < 1.29 is 9.47 Å². The molecule has 2 aliphatic heterocycles. The van der Waals surface area contributed by atoms with Gasteiger partial charge in [-0.2, -0.15) is 4.52 Å². The lowest BCUT2D eigenvalue weighted by Crippen LogP contribution is -2.55. The number of rotatable bonds is 8. The summed E-state index contributed by atoms with van der Waals surface area (Å²) in [4.78, 5) is 4.92. The molecule has 9 nitrogen and oxygen atoms in total. The molecule has 188 valence electrons. The van der Waals surface area contributed by atoms with Crippen LogP contribution in [0.4, 0.5) is 5.82 Å². The molecule has 4 heterocycles. The smallest absolute Gasteiger partial charge is 0.338 e. The number of fused-ring (bicyclic) bond motifs is 1. The monoisotopic (exact) mass is 479 g/mol. The van der Waals surface area contributed by atoms with E-state index in [-0.39, 0.29) is 0 Å². The number of piperazine rings is 1. The van der Waals surface area contributed by atoms with Crippen molar-refractivity contribution in [2.45, 2.75) is 51.1 Å². The Kier molecular flexibility index (Phi) is 7.34. The topological polar surface area (TPSA) is 80.1 Å². The molecule has 0 saturated carbocycles. The van der Waals surface area contributed by atoms with E-state index in [4.69, 9.17) is 9.47 Å². The second kappa shape index (κ2) is 10.8. The van der Waals surface area contributed by atoms with E-state index in [2.05, 4.69) is 68.5 Å². The highest BCUT2D eigenvalue weighted by atomic mass is 16.5. The Morgan fingerprint density at radius 1 is 0.971 bits per heavy atom. The first-order chi connectivity index (χ1) is 17.1. The third-order valence-corrected chi connectivity index (χ3v) is 7.41. The number of ether oxygens (including phenoxy) is 2. The Morgan fingerprint density at radius 3 is 2.43 bits per heavy atom. The van der Waals surface area contributed by atoms with Gasteiger partial charge in [0.2, 0.25) is 0 Å². The second-order valence-corrected chi connectivity index (χ2v) is 9.77. The molecule has 2 atom stereocenters. The van der Waals surface area contributed by atoms with E-state index < -0.39 is 0 Å². The number of nitrogens with one attached hydrogen (secondary N) is 1. The minimum Gasteiger partial charge on any atom is -0.494 e. The van der Waals surface area contributed by atoms with E-state index in [1.165, 1.54) is 5.56 Å². The van der Waals surface area contributed by atoms with Crippen LogP contribution in [0.15, 0.2) is 36.4 Å². The summed E-state index contributed by atoms with van der Waals surface area (Å²) in [6.45, 7) is 10.5. The Morgan fingerprint density at radius 2 is 1.71 bits per heavy atom. The van der Waals surface area contributed by atoms with Gasteiger partial charge in [0.05, 0.1) is 13.7 Å². The average Bonchev–Trinajstić information content (AvgIpc) is 3.31. The molecule has 35 heavy (non-hydrogen) atoms. The van der Waals surface area contributed by atoms with Crippen molar-refractivity contribution in [1.29, 1.82) is 0 Å². The van der Waals surface area contributed by atoms with E-state index >= 15 is 0 Å². The van der Waals surface area contributed by atoms with Gasteiger partial charge in [-0.25, -0.2) is 0 Å². The first-order valence-corrected chi connectivity index (χ1v) is 12.8. The lowest BCUT2D eigenvalue weighted by molar-refractivity contribution is 0.109. The van der Waals surface area contributed by atoms with Gasteiger partial charge in [-0.1, -0.05) is 17.2 Å². The van der Waals surface area contributed by atoms with Gasteiger partial charge in [0.1, 0.15) is 11.6 Å². The predicted octanol–water partition coefficient (Wildman–Crippen LogP) is 2.97. The maximum Gasteiger partial charge on any atom is 0.338 e. The average molecular weight is 480 g/mol. The lowest BCUT2D eigenvalue weighted by atomic mass is 9.89. The van der Waals surface area contributed by atoms with E-state index in [1.807, 2.05) is 12.1 Å². The van der Waals surface area contributed by atoms with Gasteiger partial charge in [-0.15, -0.1) is 10.2 Å². The zero-order valence-corrected chi connectivity index (χ0v) is 21.1. The molecule has 1 aromatic carbocycles. The SMILES string of the molecule is COc1nnc2ccc(N3CCC(c4ccc(OCCCN5[C@H](C)CNC[C@@H]5C)cc4)CC3)nn12. The number of aromatic nitrogens is 4. The maximum atomic E-state index is 6.05. The first kappa shape index (κ1) is 23.8. The van der Waals surface area contributed by atoms with Crippen LogP contribution in [-0.4, -0.2) is 83.2 Å². The fraction of sp³-hybridized carbons (Fsp3) is 0.577. The van der Waals surface area contributed by atoms with Crippen molar-refractivity contribution in [2.75, 3.05) is 51.3 Å². The summed E-state index contributed by atoms with van der Waals surface area (Å²) < 4.78 is 13.0. The molecular weight excluding hydrogens is 442 g/mol. The number of piperidine rings is 1. The number of hydrogen-bond acceptors (Lipinski definition) is 8. The number of hydrogen-bond donors (Lipinski definition) is 1. The van der Waals surface area contributed by atoms with Crippen molar-refractivity contribution in [3.63, 3.8) is 0 Å². The summed E-state index contributed by atoms with van der Waals surface area (Å²) >= 11 is 0. The Hall–Kier alpha value is -2.91. The molecule has 1 N–H and O–H groups in total. The standard InChI is InChI=1S/C26H37N7O2/c1-19-17-27-18-20(2)32(19)13-4-16-35-23-7-5-21(6-8-23)22-11-14-31(15-12-22)25-10-9-24-28-29-26(34-3)33(24)30-25/h5-10,19-20,22,27H,4,11-18H2,1-3H3/t19-,20+. The summed E-state index contributed by atoms with van der Waals surface area (Å²) in [5.74, 6) is 2.46. The van der Waals surface area contributed by atoms with Gasteiger partial charge in [-0.05, 0) is 68.9 Å². The fourth-order valence-electron chi connectivity index (χ4n) is 5.38. The van der Waals surface area contributed by atoms with Crippen LogP contribution in [0.25, 0.3) is 5.65 Å². The molecule has 9 heteroatoms. The first-order valence-electron chi connectivity index (χ1n) is 12.8. The van der Waals surface area contributed by atoms with Crippen molar-refractivity contribution >= 4 is 11.5 Å². The summed E-state index contributed by atoms with van der Waals surface area (Å²) in [7, 11) is 1.58. The van der Waals surface area contributed by atoms with Gasteiger partial charge in [-0.3, -0.25) is 4.90 Å². The number of nitrogens with zero attached hydrogens (tertiary/aromatic N) is 6. The van der Waals surface area contributed by atoms with Crippen LogP contribution in [0.5, 0.6) is 11.8 Å². The summed E-state index contributed by atoms with van der Waals surface area (Å²) in [5.41, 5.74) is 2.08. The second-order valence-electron chi connectivity index (χ2n) is 9.77. The molecule has 0 unspecified atom stereocenters. The van der Waals surface area contributed by atoms with E-state index in [1.54, 1.807) is 11.6 Å². The van der Waals surface area contributed by atoms with Crippen molar-refractivity contribution in [3.05, 3.63) is 42.0 Å². The van der Waals surface area contributed by atoms with Crippen LogP contribution in [0.3, 0.4) is 0 Å². The Bertz CT molecular complexity index is 1080. The molecule has 2 saturated heterocycles. The van der Waals surface area contributed by atoms with Gasteiger partial charge in [0, 0.05) is 44.8 Å². The molecule has 0 bridgehead atoms. The Balaban J connectivity index is 1.09. The van der Waals surface area contributed by atoms with Crippen LogP contribution in [-0.2, 0) is 0 Å². The highest BCUT2D eigenvalue weighted by molar-refractivity contribution is 5.47. The van der Waals surface area contributed by atoms with Gasteiger partial charge >= 0.3 is 6.01 Å². The molecule has 2 fully saturated rings. The number of anilines is 1. The molecule has 5 rings (SSSR count). The van der Waals surface area contributed by atoms with Crippen LogP contribution < -0.4 is 19.7 Å². The minimum absolute atomic E-state index is 0.409. The van der Waals surface area contributed by atoms with E-state index in [9.17, 15) is 0 Å². The van der Waals surface area contributed by atoms with E-state index in [0.29, 0.717) is 29.7 Å². The maximum absolute atomic E-state index is 6.05. The highest BCUT2D eigenvalue weighted by Gasteiger charge is 2.24. The van der Waals surface area contributed by atoms with Crippen molar-refractivity contribution in [2.24, 2.45) is 0 Å². The van der Waals surface area contributed by atoms with Crippen molar-refractivity contribution in [1.82, 2.24) is 30.0 Å². The van der Waals surface area contributed by atoms with Crippen LogP contribution >= 0.6 is 0 Å². The zero-order chi connectivity index (χ0) is 24.2. The lowest BCUT2D eigenvalue weighted by Gasteiger charge is -2.39. The largest absolute Gasteiger partial charge is 0.494 e. The summed E-state index contributed by atoms with van der Waals surface area (Å²) in [6, 6.07) is 14.3. The predicted molar refractivity (Wildman–Crippen MR) is 137 cm³/mol. The molecule has 0 aliphatic carbocycles. The number of methoxy groups -OCH3 is 1. The van der Waals surface area contributed by atoms with Crippen LogP contribution in [0, 0.1) is 0 Å². The highest BCUT2D eigenvalue weighted by Crippen LogP contribution is 2.31. The fourth-order valence-corrected chi connectivity index (χ4v) is 5.38. The summed E-state index contributed by atoms with van der Waals surface area (Å²) in [6.07, 6.45) is 3.25. The Labute approximate surface area is 207 Å².